The third kappa shape index (κ3) is 4.51. The normalized spacial score (nSPS) is 19.8. The number of carbonyl (C=O) groups excluding carboxylic acids is 1. The zero-order chi connectivity index (χ0) is 16.2. The third-order valence-electron chi connectivity index (χ3n) is 3.74. The SMILES string of the molecule is CC(c1cccc(F)c1)S(=O)(=O)CC(=O)NCC1CCCO1. The Morgan fingerprint density at radius 1 is 1.50 bits per heavy atom. The zero-order valence-electron chi connectivity index (χ0n) is 12.4. The first kappa shape index (κ1) is 16.9. The van der Waals surface area contributed by atoms with Crippen LogP contribution in [0, 0.1) is 5.82 Å². The van der Waals surface area contributed by atoms with Gasteiger partial charge in [0.05, 0.1) is 11.4 Å². The van der Waals surface area contributed by atoms with Gasteiger partial charge in [-0.15, -0.1) is 0 Å². The van der Waals surface area contributed by atoms with Gasteiger partial charge in [0.1, 0.15) is 11.6 Å². The number of hydrogen-bond acceptors (Lipinski definition) is 4. The summed E-state index contributed by atoms with van der Waals surface area (Å²) < 4.78 is 43.0. The maximum absolute atomic E-state index is 13.2. The van der Waals surface area contributed by atoms with Crippen molar-refractivity contribution in [1.82, 2.24) is 5.32 Å². The molecule has 122 valence electrons. The molecule has 2 rings (SSSR count). The maximum atomic E-state index is 13.2. The number of nitrogens with one attached hydrogen (secondary N) is 1. The Balaban J connectivity index is 1.93. The third-order valence-corrected chi connectivity index (χ3v) is 5.75. The number of benzene rings is 1. The van der Waals surface area contributed by atoms with Gasteiger partial charge in [0.25, 0.3) is 0 Å². The first-order chi connectivity index (χ1) is 10.4. The van der Waals surface area contributed by atoms with Gasteiger partial charge in [-0.05, 0) is 37.5 Å². The fourth-order valence-corrected chi connectivity index (χ4v) is 3.64. The van der Waals surface area contributed by atoms with Gasteiger partial charge in [0, 0.05) is 13.2 Å². The van der Waals surface area contributed by atoms with Crippen LogP contribution in [0.4, 0.5) is 4.39 Å². The predicted molar refractivity (Wildman–Crippen MR) is 80.6 cm³/mol. The highest BCUT2D eigenvalue weighted by Gasteiger charge is 2.26. The number of carbonyl (C=O) groups is 1. The Labute approximate surface area is 129 Å². The first-order valence-corrected chi connectivity index (χ1v) is 8.95. The van der Waals surface area contributed by atoms with Crippen molar-refractivity contribution in [2.75, 3.05) is 18.9 Å². The predicted octanol–water partition coefficient (Wildman–Crippen LogP) is 1.60. The molecule has 5 nitrogen and oxygen atoms in total. The highest BCUT2D eigenvalue weighted by Crippen LogP contribution is 2.23. The molecule has 1 aliphatic rings. The highest BCUT2D eigenvalue weighted by atomic mass is 32.2. The molecule has 1 aromatic rings. The molecular formula is C15H20FNO4S. The van der Waals surface area contributed by atoms with Crippen LogP contribution in [0.3, 0.4) is 0 Å². The van der Waals surface area contributed by atoms with Crippen LogP contribution in [0.2, 0.25) is 0 Å². The lowest BCUT2D eigenvalue weighted by Crippen LogP contribution is -2.36. The second-order valence-electron chi connectivity index (χ2n) is 5.44. The molecule has 0 radical (unpaired) electrons. The van der Waals surface area contributed by atoms with E-state index in [1.807, 2.05) is 0 Å². The van der Waals surface area contributed by atoms with Gasteiger partial charge in [-0.25, -0.2) is 12.8 Å². The molecule has 7 heteroatoms. The minimum atomic E-state index is -3.69. The van der Waals surface area contributed by atoms with E-state index in [0.717, 1.165) is 12.8 Å². The van der Waals surface area contributed by atoms with E-state index < -0.39 is 32.6 Å². The molecule has 1 fully saturated rings. The van der Waals surface area contributed by atoms with E-state index in [0.29, 0.717) is 18.7 Å². The van der Waals surface area contributed by atoms with Crippen molar-refractivity contribution >= 4 is 15.7 Å². The quantitative estimate of drug-likeness (QED) is 0.860. The van der Waals surface area contributed by atoms with Gasteiger partial charge < -0.3 is 10.1 Å². The standard InChI is InChI=1S/C15H20FNO4S/c1-11(12-4-2-5-13(16)8-12)22(19,20)10-15(18)17-9-14-6-3-7-21-14/h2,4-5,8,11,14H,3,6-7,9-10H2,1H3,(H,17,18). The number of ether oxygens (including phenoxy) is 1. The summed E-state index contributed by atoms with van der Waals surface area (Å²) in [6.07, 6.45) is 1.79. The van der Waals surface area contributed by atoms with Gasteiger partial charge in [0.15, 0.2) is 9.84 Å². The van der Waals surface area contributed by atoms with Gasteiger partial charge in [-0.1, -0.05) is 12.1 Å². The summed E-state index contributed by atoms with van der Waals surface area (Å²) in [5.41, 5.74) is 0.340. The van der Waals surface area contributed by atoms with E-state index in [9.17, 15) is 17.6 Å². The summed E-state index contributed by atoms with van der Waals surface area (Å²) in [7, 11) is -3.69. The van der Waals surface area contributed by atoms with Crippen molar-refractivity contribution in [1.29, 1.82) is 0 Å². The summed E-state index contributed by atoms with van der Waals surface area (Å²) in [5, 5.41) is 1.65. The summed E-state index contributed by atoms with van der Waals surface area (Å²) in [6, 6.07) is 5.41. The molecule has 22 heavy (non-hydrogen) atoms. The van der Waals surface area contributed by atoms with Crippen molar-refractivity contribution in [3.63, 3.8) is 0 Å². The van der Waals surface area contributed by atoms with Crippen LogP contribution < -0.4 is 5.32 Å². The molecule has 0 bridgehead atoms. The maximum Gasteiger partial charge on any atom is 0.235 e. The largest absolute Gasteiger partial charge is 0.376 e. The molecule has 0 saturated carbocycles. The number of rotatable bonds is 6. The minimum absolute atomic E-state index is 0.0349. The molecule has 2 atom stereocenters. The van der Waals surface area contributed by atoms with Gasteiger partial charge in [0.2, 0.25) is 5.91 Å². The van der Waals surface area contributed by atoms with E-state index in [4.69, 9.17) is 4.74 Å². The summed E-state index contributed by atoms with van der Waals surface area (Å²) in [5.74, 6) is -1.67. The Morgan fingerprint density at radius 3 is 2.91 bits per heavy atom. The van der Waals surface area contributed by atoms with Crippen molar-refractivity contribution in [3.8, 4) is 0 Å². The van der Waals surface area contributed by atoms with Crippen LogP contribution in [0.5, 0.6) is 0 Å². The van der Waals surface area contributed by atoms with Gasteiger partial charge in [-0.2, -0.15) is 0 Å². The van der Waals surface area contributed by atoms with Crippen molar-refractivity contribution in [2.45, 2.75) is 31.1 Å². The van der Waals surface area contributed by atoms with E-state index in [1.165, 1.54) is 31.2 Å². The number of halogens is 1. The van der Waals surface area contributed by atoms with Crippen LogP contribution in [0.15, 0.2) is 24.3 Å². The Kier molecular flexibility index (Phi) is 5.52. The Bertz CT molecular complexity index is 626. The average Bonchev–Trinajstić information content (AvgIpc) is 2.97. The van der Waals surface area contributed by atoms with Crippen molar-refractivity contribution in [2.24, 2.45) is 0 Å². The molecular weight excluding hydrogens is 309 g/mol. The van der Waals surface area contributed by atoms with Crippen molar-refractivity contribution < 1.29 is 22.3 Å². The number of amides is 1. The Hall–Kier alpha value is -1.47. The monoisotopic (exact) mass is 329 g/mol. The average molecular weight is 329 g/mol. The highest BCUT2D eigenvalue weighted by molar-refractivity contribution is 7.92. The van der Waals surface area contributed by atoms with Crippen LogP contribution >= 0.6 is 0 Å². The molecule has 0 aromatic heterocycles. The van der Waals surface area contributed by atoms with E-state index in [2.05, 4.69) is 5.32 Å². The summed E-state index contributed by atoms with van der Waals surface area (Å²) >= 11 is 0. The van der Waals surface area contributed by atoms with Gasteiger partial charge in [-0.3, -0.25) is 4.79 Å². The molecule has 1 heterocycles. The lowest BCUT2D eigenvalue weighted by molar-refractivity contribution is -0.119. The van der Waals surface area contributed by atoms with Crippen LogP contribution in [-0.4, -0.2) is 39.3 Å². The molecule has 1 N–H and O–H groups in total. The zero-order valence-corrected chi connectivity index (χ0v) is 13.2. The molecule has 1 aromatic carbocycles. The van der Waals surface area contributed by atoms with Crippen LogP contribution in [0.1, 0.15) is 30.6 Å². The van der Waals surface area contributed by atoms with E-state index in [-0.39, 0.29) is 6.10 Å². The molecule has 0 aliphatic carbocycles. The topological polar surface area (TPSA) is 72.5 Å². The smallest absolute Gasteiger partial charge is 0.235 e. The molecule has 1 saturated heterocycles. The lowest BCUT2D eigenvalue weighted by Gasteiger charge is -2.14. The second-order valence-corrected chi connectivity index (χ2v) is 7.77. The Morgan fingerprint density at radius 2 is 2.27 bits per heavy atom. The second kappa shape index (κ2) is 7.19. The number of sulfone groups is 1. The van der Waals surface area contributed by atoms with Crippen LogP contribution in [-0.2, 0) is 19.4 Å². The molecule has 1 aliphatic heterocycles. The molecule has 2 unspecified atom stereocenters. The first-order valence-electron chi connectivity index (χ1n) is 7.24. The number of hydrogen-bond donors (Lipinski definition) is 1. The van der Waals surface area contributed by atoms with Crippen LogP contribution in [0.25, 0.3) is 0 Å². The van der Waals surface area contributed by atoms with E-state index in [1.54, 1.807) is 0 Å². The lowest BCUT2D eigenvalue weighted by atomic mass is 10.2. The fourth-order valence-electron chi connectivity index (χ4n) is 2.36. The summed E-state index contributed by atoms with van der Waals surface area (Å²) in [4.78, 5) is 11.8. The molecule has 0 spiro atoms. The minimum Gasteiger partial charge on any atom is -0.376 e. The van der Waals surface area contributed by atoms with Crippen molar-refractivity contribution in [3.05, 3.63) is 35.6 Å². The fraction of sp³-hybridized carbons (Fsp3) is 0.533. The van der Waals surface area contributed by atoms with E-state index >= 15 is 0 Å². The van der Waals surface area contributed by atoms with Gasteiger partial charge >= 0.3 is 0 Å². The molecule has 1 amide bonds. The summed E-state index contributed by atoms with van der Waals surface area (Å²) in [6.45, 7) is 2.45.